The Bertz CT molecular complexity index is 1750. The molecule has 10 nitrogen and oxygen atoms in total. The van der Waals surface area contributed by atoms with E-state index in [0.29, 0.717) is 76.0 Å². The summed E-state index contributed by atoms with van der Waals surface area (Å²) in [4.78, 5) is 4.68. The number of phenolic OH excluding ortho intramolecular Hbond substituents is 2. The number of benzene rings is 2. The van der Waals surface area contributed by atoms with Gasteiger partial charge in [0.2, 0.25) is 0 Å². The SMILES string of the molecule is C=CCN1CCC23c4c5ccc(O)c4OC2C(=N/N=C2\CCC4(O)C6Cc7ccc(O)c8c7C4(CCN6CC=C)C2O8)CCC3(O)C1C5.Cl.Cl. The number of aromatic hydroxyl groups is 2. The van der Waals surface area contributed by atoms with Crippen LogP contribution in [-0.4, -0.2) is 103 Å². The van der Waals surface area contributed by atoms with Gasteiger partial charge in [0.15, 0.2) is 35.2 Å². The smallest absolute Gasteiger partial charge is 0.166 e. The molecule has 4 aliphatic carbocycles. The van der Waals surface area contributed by atoms with Crippen molar-refractivity contribution in [1.29, 1.82) is 0 Å². The summed E-state index contributed by atoms with van der Waals surface area (Å²) >= 11 is 0. The van der Waals surface area contributed by atoms with E-state index in [9.17, 15) is 20.4 Å². The van der Waals surface area contributed by atoms with E-state index >= 15 is 0 Å². The minimum atomic E-state index is -1.06. The van der Waals surface area contributed by atoms with Crippen molar-refractivity contribution >= 4 is 36.2 Å². The maximum Gasteiger partial charge on any atom is 0.166 e. The minimum absolute atomic E-state index is 0. The molecule has 2 aromatic rings. The summed E-state index contributed by atoms with van der Waals surface area (Å²) in [5.74, 6) is 1.11. The number of hydrogen-bond donors (Lipinski definition) is 4. The Morgan fingerprint density at radius 3 is 1.52 bits per heavy atom. The molecule has 2 saturated heterocycles. The predicted octanol–water partition coefficient (Wildman–Crippen LogP) is 4.12. The van der Waals surface area contributed by atoms with E-state index in [4.69, 9.17) is 19.7 Å². The highest BCUT2D eigenvalue weighted by atomic mass is 35.5. The van der Waals surface area contributed by atoms with E-state index in [-0.39, 0.29) is 48.4 Å². The van der Waals surface area contributed by atoms with Gasteiger partial charge < -0.3 is 29.9 Å². The molecule has 8 unspecified atom stereocenters. The molecule has 0 amide bonds. The van der Waals surface area contributed by atoms with Crippen LogP contribution in [0.3, 0.4) is 0 Å². The van der Waals surface area contributed by atoms with Gasteiger partial charge in [0.1, 0.15) is 0 Å². The lowest BCUT2D eigenvalue weighted by molar-refractivity contribution is -0.164. The Hall–Kier alpha value is -3.12. The van der Waals surface area contributed by atoms with Gasteiger partial charge in [0.25, 0.3) is 0 Å². The van der Waals surface area contributed by atoms with Gasteiger partial charge in [-0.1, -0.05) is 24.3 Å². The first kappa shape index (κ1) is 34.0. The maximum absolute atomic E-state index is 12.7. The quantitative estimate of drug-likeness (QED) is 0.268. The van der Waals surface area contributed by atoms with Crippen LogP contribution in [0.4, 0.5) is 0 Å². The van der Waals surface area contributed by atoms with Crippen LogP contribution in [0.5, 0.6) is 23.0 Å². The Labute approximate surface area is 304 Å². The van der Waals surface area contributed by atoms with Gasteiger partial charge in [-0.15, -0.1) is 38.0 Å². The van der Waals surface area contributed by atoms with E-state index in [2.05, 4.69) is 23.0 Å². The molecule has 4 bridgehead atoms. The Morgan fingerprint density at radius 1 is 0.700 bits per heavy atom. The monoisotopic (exact) mass is 722 g/mol. The van der Waals surface area contributed by atoms with Crippen molar-refractivity contribution < 1.29 is 29.9 Å². The lowest BCUT2D eigenvalue weighted by atomic mass is 9.48. The number of hydrogen-bond acceptors (Lipinski definition) is 10. The summed E-state index contributed by atoms with van der Waals surface area (Å²) in [7, 11) is 0. The van der Waals surface area contributed by atoms with Gasteiger partial charge in [-0.3, -0.25) is 9.80 Å². The zero-order valence-electron chi connectivity index (χ0n) is 27.9. The van der Waals surface area contributed by atoms with Gasteiger partial charge in [-0.05, 0) is 74.6 Å². The number of rotatable bonds is 5. The van der Waals surface area contributed by atoms with Crippen molar-refractivity contribution in [3.8, 4) is 23.0 Å². The third-order valence-corrected chi connectivity index (χ3v) is 13.8. The number of ether oxygens (including phenoxy) is 2. The lowest BCUT2D eigenvalue weighted by Gasteiger charge is -2.63. The van der Waals surface area contributed by atoms with Gasteiger partial charge in [-0.25, -0.2) is 0 Å². The standard InChI is InChI=1S/C38H42N4O6.2ClH/c1-3-15-41-17-13-35-29-21-5-7-25(43)31(29)47-33(35)23(9-11-37(35,45)27(41)19-21)39-40-24-10-12-38(46)28-20-22-6-8-26(44)32-30(22)36(38,34(24)48-32)14-18-42(28)16-4-2;;/h3-8,27-28,33-34,43-46H,1-2,9-20H2;2*1H/b39-23+,40-24?;;. The van der Waals surface area contributed by atoms with Crippen molar-refractivity contribution in [3.05, 3.63) is 71.8 Å². The molecule has 2 aromatic carbocycles. The third-order valence-electron chi connectivity index (χ3n) is 13.8. The van der Waals surface area contributed by atoms with Gasteiger partial charge in [-0.2, -0.15) is 10.2 Å². The van der Waals surface area contributed by atoms with Crippen LogP contribution >= 0.6 is 24.8 Å². The predicted molar refractivity (Wildman–Crippen MR) is 194 cm³/mol. The fourth-order valence-corrected chi connectivity index (χ4v) is 12.0. The summed E-state index contributed by atoms with van der Waals surface area (Å²) in [5.41, 5.74) is 1.99. The first-order valence-electron chi connectivity index (χ1n) is 17.5. The fraction of sp³-hybridized carbons (Fsp3) is 0.526. The van der Waals surface area contributed by atoms with Crippen LogP contribution in [-0.2, 0) is 23.7 Å². The molecule has 0 radical (unpaired) electrons. The zero-order valence-corrected chi connectivity index (χ0v) is 29.5. The first-order valence-corrected chi connectivity index (χ1v) is 17.5. The molecule has 4 N–H and O–H groups in total. The van der Waals surface area contributed by atoms with Crippen molar-refractivity contribution in [2.24, 2.45) is 10.2 Å². The third kappa shape index (κ3) is 3.75. The molecular formula is C38H44Cl2N4O6. The van der Waals surface area contributed by atoms with E-state index in [1.165, 1.54) is 0 Å². The van der Waals surface area contributed by atoms with Crippen molar-refractivity contribution in [2.75, 3.05) is 26.2 Å². The number of likely N-dealkylation sites (tertiary alicyclic amines) is 2. The fourth-order valence-electron chi connectivity index (χ4n) is 12.0. The van der Waals surface area contributed by atoms with Gasteiger partial charge in [0, 0.05) is 49.4 Å². The minimum Gasteiger partial charge on any atom is -0.504 e. The highest BCUT2D eigenvalue weighted by Gasteiger charge is 2.74. The molecule has 2 spiro atoms. The summed E-state index contributed by atoms with van der Waals surface area (Å²) in [5, 5.41) is 57.4. The summed E-state index contributed by atoms with van der Waals surface area (Å²) in [6, 6.07) is 7.18. The molecule has 4 fully saturated rings. The number of phenols is 2. The van der Waals surface area contributed by atoms with Crippen molar-refractivity contribution in [2.45, 2.75) is 97.7 Å². The Morgan fingerprint density at radius 2 is 1.12 bits per heavy atom. The van der Waals surface area contributed by atoms with Crippen LogP contribution in [0.2, 0.25) is 0 Å². The Balaban J connectivity index is 0.00000180. The highest BCUT2D eigenvalue weighted by Crippen LogP contribution is 2.66. The number of piperidine rings is 2. The lowest BCUT2D eigenvalue weighted by Crippen LogP contribution is -2.76. The van der Waals surface area contributed by atoms with Crippen molar-refractivity contribution in [3.63, 3.8) is 0 Å². The number of aliphatic hydroxyl groups is 2. The number of halogens is 2. The summed E-state index contributed by atoms with van der Waals surface area (Å²) in [6.45, 7) is 10.9. The number of nitrogens with zero attached hydrogens (tertiary/aromatic N) is 4. The molecule has 2 saturated carbocycles. The second-order valence-electron chi connectivity index (χ2n) is 15.4. The van der Waals surface area contributed by atoms with Crippen molar-refractivity contribution in [1.82, 2.24) is 9.80 Å². The van der Waals surface area contributed by atoms with E-state index in [1.807, 2.05) is 24.3 Å². The normalized spacial score (nSPS) is 39.7. The molecule has 8 aliphatic rings. The second-order valence-corrected chi connectivity index (χ2v) is 15.4. The van der Waals surface area contributed by atoms with Gasteiger partial charge in [0.05, 0.1) is 33.5 Å². The average Bonchev–Trinajstić information content (AvgIpc) is 3.61. The van der Waals surface area contributed by atoms with Crippen LogP contribution in [0.25, 0.3) is 0 Å². The van der Waals surface area contributed by atoms with E-state index < -0.39 is 34.2 Å². The molecule has 4 aliphatic heterocycles. The van der Waals surface area contributed by atoms with Crippen LogP contribution in [0.1, 0.15) is 60.8 Å². The molecule has 266 valence electrons. The molecule has 8 atom stereocenters. The Kier molecular flexibility index (Phi) is 7.61. The largest absolute Gasteiger partial charge is 0.504 e. The van der Waals surface area contributed by atoms with Crippen LogP contribution < -0.4 is 9.47 Å². The van der Waals surface area contributed by atoms with E-state index in [1.54, 1.807) is 12.1 Å². The van der Waals surface area contributed by atoms with Crippen LogP contribution in [0, 0.1) is 0 Å². The zero-order chi connectivity index (χ0) is 32.8. The molecular weight excluding hydrogens is 679 g/mol. The summed E-state index contributed by atoms with van der Waals surface area (Å²) in [6.07, 6.45) is 7.42. The highest BCUT2D eigenvalue weighted by molar-refractivity contribution is 5.98. The topological polar surface area (TPSA) is 131 Å². The molecule has 4 heterocycles. The van der Waals surface area contributed by atoms with Crippen LogP contribution in [0.15, 0.2) is 59.8 Å². The second kappa shape index (κ2) is 11.2. The average molecular weight is 724 g/mol. The molecule has 12 heteroatoms. The van der Waals surface area contributed by atoms with E-state index in [0.717, 1.165) is 46.8 Å². The first-order chi connectivity index (χ1) is 23.2. The molecule has 10 rings (SSSR count). The summed E-state index contributed by atoms with van der Waals surface area (Å²) < 4.78 is 13.3. The van der Waals surface area contributed by atoms with Gasteiger partial charge >= 0.3 is 0 Å². The molecule has 50 heavy (non-hydrogen) atoms. The molecule has 0 aromatic heterocycles. The maximum atomic E-state index is 12.7.